The van der Waals surface area contributed by atoms with Gasteiger partial charge in [0.1, 0.15) is 19.0 Å². The van der Waals surface area contributed by atoms with E-state index in [1.165, 1.54) is 24.3 Å². The molecule has 10 heteroatoms. The zero-order valence-electron chi connectivity index (χ0n) is 15.2. The number of aliphatic hydroxyl groups is 1. The lowest BCUT2D eigenvalue weighted by molar-refractivity contribution is -0.134. The van der Waals surface area contributed by atoms with Crippen LogP contribution in [0, 0.1) is 0 Å². The average molecular weight is 426 g/mol. The van der Waals surface area contributed by atoms with Crippen LogP contribution in [0.3, 0.4) is 0 Å². The van der Waals surface area contributed by atoms with Crippen molar-refractivity contribution >= 4 is 38.8 Å². The highest BCUT2D eigenvalue weighted by atomic mass is 35.5. The number of nitrogens with one attached hydrogen (secondary N) is 1. The number of benzene rings is 1. The van der Waals surface area contributed by atoms with Crippen LogP contribution in [-0.4, -0.2) is 57.8 Å². The largest absolute Gasteiger partial charge is 0.495 e. The second-order valence-corrected chi connectivity index (χ2v) is 8.51. The van der Waals surface area contributed by atoms with Crippen molar-refractivity contribution in [1.82, 2.24) is 9.88 Å². The van der Waals surface area contributed by atoms with Gasteiger partial charge in [0, 0.05) is 10.6 Å². The standard InChI is InChI=1S/C18H20ClN3O5S/c1-26-15-4-3-13(19)8-16(15)28(2,25)21-14-7-12-10-22(17(24)11-23)5-6-27-18(12)20-9-14/h3-4,7-9,23H,2,5-6,10-11H2,1H3,(H,21,25). The van der Waals surface area contributed by atoms with E-state index in [9.17, 15) is 9.00 Å². The van der Waals surface area contributed by atoms with Gasteiger partial charge in [0.05, 0.1) is 46.7 Å². The SMILES string of the molecule is C=S(=O)(Nc1cnc2c(c1)CN(C(=O)CO)CCO2)c1cc(Cl)ccc1OC. The van der Waals surface area contributed by atoms with E-state index in [4.69, 9.17) is 26.2 Å². The summed E-state index contributed by atoms with van der Waals surface area (Å²) >= 11 is 6.03. The van der Waals surface area contributed by atoms with Crippen molar-refractivity contribution in [2.45, 2.75) is 11.4 Å². The number of nitrogens with zero attached hydrogens (tertiary/aromatic N) is 2. The number of amides is 1. The summed E-state index contributed by atoms with van der Waals surface area (Å²) in [5.74, 6) is 4.17. The lowest BCUT2D eigenvalue weighted by atomic mass is 10.2. The number of aromatic nitrogens is 1. The fourth-order valence-electron chi connectivity index (χ4n) is 2.80. The summed E-state index contributed by atoms with van der Waals surface area (Å²) in [4.78, 5) is 17.9. The third-order valence-corrected chi connectivity index (χ3v) is 5.97. The highest BCUT2D eigenvalue weighted by Crippen LogP contribution is 2.30. The number of halogens is 1. The van der Waals surface area contributed by atoms with Crippen LogP contribution in [0.5, 0.6) is 11.6 Å². The first-order chi connectivity index (χ1) is 13.3. The smallest absolute Gasteiger partial charge is 0.248 e. The molecule has 0 radical (unpaired) electrons. The van der Waals surface area contributed by atoms with Crippen molar-refractivity contribution < 1.29 is 23.6 Å². The fourth-order valence-corrected chi connectivity index (χ4v) is 4.43. The minimum Gasteiger partial charge on any atom is -0.495 e. The van der Waals surface area contributed by atoms with Crippen LogP contribution < -0.4 is 14.2 Å². The van der Waals surface area contributed by atoms with Gasteiger partial charge in [-0.15, -0.1) is 0 Å². The van der Waals surface area contributed by atoms with Gasteiger partial charge in [-0.25, -0.2) is 9.19 Å². The van der Waals surface area contributed by atoms with Crippen LogP contribution in [0.15, 0.2) is 35.4 Å². The summed E-state index contributed by atoms with van der Waals surface area (Å²) in [7, 11) is -1.54. The molecule has 0 aliphatic carbocycles. The van der Waals surface area contributed by atoms with Gasteiger partial charge < -0.3 is 24.2 Å². The van der Waals surface area contributed by atoms with E-state index < -0.39 is 22.2 Å². The second kappa shape index (κ2) is 8.26. The van der Waals surface area contributed by atoms with Gasteiger partial charge in [-0.3, -0.25) is 4.79 Å². The number of ether oxygens (including phenoxy) is 2. The Kier molecular flexibility index (Phi) is 5.97. The zero-order valence-corrected chi connectivity index (χ0v) is 16.8. The first-order valence-corrected chi connectivity index (χ1v) is 10.4. The second-order valence-electron chi connectivity index (χ2n) is 6.08. The molecule has 1 aliphatic heterocycles. The Morgan fingerprint density at radius 3 is 3.00 bits per heavy atom. The van der Waals surface area contributed by atoms with E-state index in [-0.39, 0.29) is 13.2 Å². The number of anilines is 1. The molecule has 0 fully saturated rings. The lowest BCUT2D eigenvalue weighted by Gasteiger charge is -2.19. The summed E-state index contributed by atoms with van der Waals surface area (Å²) in [6, 6.07) is 6.47. The first kappa shape index (κ1) is 20.2. The molecule has 2 N–H and O–H groups in total. The molecule has 28 heavy (non-hydrogen) atoms. The molecule has 0 saturated carbocycles. The van der Waals surface area contributed by atoms with Gasteiger partial charge in [-0.2, -0.15) is 0 Å². The van der Waals surface area contributed by atoms with Gasteiger partial charge >= 0.3 is 0 Å². The Balaban J connectivity index is 1.91. The highest BCUT2D eigenvalue weighted by molar-refractivity contribution is 8.01. The van der Waals surface area contributed by atoms with Gasteiger partial charge in [0.25, 0.3) is 0 Å². The normalized spacial score (nSPS) is 15.6. The number of hydrogen-bond acceptors (Lipinski definition) is 6. The molecule has 1 atom stereocenters. The molecule has 1 amide bonds. The zero-order chi connectivity index (χ0) is 20.3. The summed E-state index contributed by atoms with van der Waals surface area (Å²) in [5.41, 5.74) is 1.06. The first-order valence-electron chi connectivity index (χ1n) is 8.33. The van der Waals surface area contributed by atoms with Crippen LogP contribution in [0.2, 0.25) is 5.02 Å². The Morgan fingerprint density at radius 1 is 1.50 bits per heavy atom. The number of aliphatic hydroxyl groups excluding tert-OH is 1. The van der Waals surface area contributed by atoms with Gasteiger partial charge in [0.2, 0.25) is 11.8 Å². The van der Waals surface area contributed by atoms with Gasteiger partial charge in [0.15, 0.2) is 0 Å². The van der Waals surface area contributed by atoms with E-state index in [1.807, 2.05) is 0 Å². The number of methoxy groups -OCH3 is 1. The van der Waals surface area contributed by atoms with Crippen molar-refractivity contribution in [3.05, 3.63) is 41.0 Å². The Morgan fingerprint density at radius 2 is 2.29 bits per heavy atom. The van der Waals surface area contributed by atoms with E-state index >= 15 is 0 Å². The Labute approximate surface area is 168 Å². The maximum atomic E-state index is 13.2. The summed E-state index contributed by atoms with van der Waals surface area (Å²) in [6.07, 6.45) is 1.48. The quantitative estimate of drug-likeness (QED) is 0.705. The molecule has 1 aliphatic rings. The highest BCUT2D eigenvalue weighted by Gasteiger charge is 2.21. The average Bonchev–Trinajstić information content (AvgIpc) is 2.89. The number of pyridine rings is 1. The Hall–Kier alpha value is -2.49. The molecule has 0 spiro atoms. The molecule has 1 aromatic carbocycles. The maximum absolute atomic E-state index is 13.2. The molecular weight excluding hydrogens is 406 g/mol. The number of carbonyl (C=O) groups is 1. The van der Waals surface area contributed by atoms with Crippen LogP contribution >= 0.6 is 11.6 Å². The maximum Gasteiger partial charge on any atom is 0.248 e. The molecule has 1 unspecified atom stereocenters. The summed E-state index contributed by atoms with van der Waals surface area (Å²) in [6.45, 7) is 0.243. The van der Waals surface area contributed by atoms with Gasteiger partial charge in [-0.1, -0.05) is 11.6 Å². The van der Waals surface area contributed by atoms with E-state index in [2.05, 4.69) is 15.6 Å². The number of carbonyl (C=O) groups excluding carboxylic acids is 1. The van der Waals surface area contributed by atoms with Crippen molar-refractivity contribution in [1.29, 1.82) is 0 Å². The number of rotatable bonds is 5. The van der Waals surface area contributed by atoms with Crippen molar-refractivity contribution in [3.63, 3.8) is 0 Å². The van der Waals surface area contributed by atoms with E-state index in [0.717, 1.165) is 0 Å². The number of hydrogen-bond donors (Lipinski definition) is 2. The number of fused-ring (bicyclic) bond motifs is 1. The topological polar surface area (TPSA) is 101 Å². The van der Waals surface area contributed by atoms with E-state index in [0.29, 0.717) is 39.3 Å². The molecule has 2 aromatic rings. The third kappa shape index (κ3) is 4.32. The van der Waals surface area contributed by atoms with Crippen LogP contribution in [0.25, 0.3) is 0 Å². The minimum atomic E-state index is -3.01. The fraction of sp³-hybridized carbons (Fsp3) is 0.278. The van der Waals surface area contributed by atoms with Crippen LogP contribution in [0.1, 0.15) is 5.56 Å². The molecular formula is C18H20ClN3O5S. The lowest BCUT2D eigenvalue weighted by Crippen LogP contribution is -2.34. The van der Waals surface area contributed by atoms with Crippen molar-refractivity contribution in [2.24, 2.45) is 0 Å². The molecule has 2 heterocycles. The van der Waals surface area contributed by atoms with E-state index in [1.54, 1.807) is 18.2 Å². The van der Waals surface area contributed by atoms with Crippen LogP contribution in [-0.2, 0) is 21.0 Å². The predicted octanol–water partition coefficient (Wildman–Crippen LogP) is 1.56. The molecule has 3 rings (SSSR count). The molecule has 8 nitrogen and oxygen atoms in total. The van der Waals surface area contributed by atoms with Crippen molar-refractivity contribution in [2.75, 3.05) is 31.6 Å². The summed E-state index contributed by atoms with van der Waals surface area (Å²) < 4.78 is 26.9. The third-order valence-electron chi connectivity index (χ3n) is 4.14. The summed E-state index contributed by atoms with van der Waals surface area (Å²) in [5, 5.41) is 9.51. The molecule has 1 aromatic heterocycles. The molecule has 150 valence electrons. The minimum absolute atomic E-state index is 0.218. The molecule has 0 saturated heterocycles. The molecule has 0 bridgehead atoms. The Bertz CT molecular complexity index is 997. The predicted molar refractivity (Wildman–Crippen MR) is 107 cm³/mol. The monoisotopic (exact) mass is 425 g/mol. The van der Waals surface area contributed by atoms with Crippen LogP contribution in [0.4, 0.5) is 5.69 Å². The van der Waals surface area contributed by atoms with Crippen molar-refractivity contribution in [3.8, 4) is 11.6 Å². The van der Waals surface area contributed by atoms with Gasteiger partial charge in [-0.05, 0) is 30.1 Å².